The number of hydrogen-bond acceptors (Lipinski definition) is 2. The summed E-state index contributed by atoms with van der Waals surface area (Å²) < 4.78 is 0. The molecule has 100 valence electrons. The van der Waals surface area contributed by atoms with Crippen LogP contribution in [0.5, 0.6) is 0 Å². The van der Waals surface area contributed by atoms with Crippen molar-refractivity contribution in [1.29, 1.82) is 0 Å². The van der Waals surface area contributed by atoms with E-state index in [2.05, 4.69) is 0 Å². The smallest absolute Gasteiger partial charge is 0.222 e. The maximum absolute atomic E-state index is 11.6. The van der Waals surface area contributed by atoms with Crippen LogP contribution in [0.4, 0.5) is 0 Å². The standard InChI is InChI=1S/C13H25ClN2O/c14-10-12-9-13(17)16(11-12)8-6-4-2-1-3-5-7-15/h12H,1-11,15H2. The molecule has 1 aliphatic heterocycles. The van der Waals surface area contributed by atoms with Gasteiger partial charge < -0.3 is 10.6 Å². The Morgan fingerprint density at radius 3 is 2.41 bits per heavy atom. The molecule has 1 saturated heterocycles. The maximum atomic E-state index is 11.6. The quantitative estimate of drug-likeness (QED) is 0.511. The number of hydrogen-bond donors (Lipinski definition) is 1. The van der Waals surface area contributed by atoms with E-state index in [0.717, 1.165) is 32.5 Å². The molecular formula is C13H25ClN2O. The van der Waals surface area contributed by atoms with E-state index in [0.29, 0.717) is 24.1 Å². The zero-order chi connectivity index (χ0) is 12.5. The predicted octanol–water partition coefficient (Wildman–Crippen LogP) is 2.37. The van der Waals surface area contributed by atoms with E-state index < -0.39 is 0 Å². The molecule has 2 N–H and O–H groups in total. The van der Waals surface area contributed by atoms with E-state index in [-0.39, 0.29) is 0 Å². The Hall–Kier alpha value is -0.280. The van der Waals surface area contributed by atoms with E-state index in [1.165, 1.54) is 25.7 Å². The second-order valence-electron chi connectivity index (χ2n) is 4.97. The summed E-state index contributed by atoms with van der Waals surface area (Å²) in [5, 5.41) is 0. The molecule has 0 radical (unpaired) electrons. The van der Waals surface area contributed by atoms with Crippen LogP contribution in [0.25, 0.3) is 0 Å². The van der Waals surface area contributed by atoms with Crippen LogP contribution in [0.3, 0.4) is 0 Å². The molecule has 1 atom stereocenters. The minimum atomic E-state index is 0.291. The number of nitrogens with two attached hydrogens (primary N) is 1. The maximum Gasteiger partial charge on any atom is 0.222 e. The van der Waals surface area contributed by atoms with Gasteiger partial charge in [-0.25, -0.2) is 0 Å². The average Bonchev–Trinajstić information content (AvgIpc) is 2.69. The van der Waals surface area contributed by atoms with Crippen LogP contribution in [0.2, 0.25) is 0 Å². The Morgan fingerprint density at radius 1 is 1.18 bits per heavy atom. The van der Waals surface area contributed by atoms with Crippen molar-refractivity contribution in [1.82, 2.24) is 4.90 Å². The molecule has 0 aromatic rings. The fourth-order valence-electron chi connectivity index (χ4n) is 2.33. The van der Waals surface area contributed by atoms with Gasteiger partial charge in [-0.1, -0.05) is 25.7 Å². The third-order valence-corrected chi connectivity index (χ3v) is 3.83. The van der Waals surface area contributed by atoms with E-state index in [4.69, 9.17) is 17.3 Å². The van der Waals surface area contributed by atoms with Crippen LogP contribution in [-0.2, 0) is 4.79 Å². The van der Waals surface area contributed by atoms with Gasteiger partial charge in [-0.2, -0.15) is 0 Å². The van der Waals surface area contributed by atoms with Crippen LogP contribution in [0, 0.1) is 5.92 Å². The first-order valence-corrected chi connectivity index (χ1v) is 7.35. The van der Waals surface area contributed by atoms with Gasteiger partial charge in [0.2, 0.25) is 5.91 Å². The highest BCUT2D eigenvalue weighted by atomic mass is 35.5. The topological polar surface area (TPSA) is 46.3 Å². The van der Waals surface area contributed by atoms with Gasteiger partial charge in [-0.15, -0.1) is 11.6 Å². The van der Waals surface area contributed by atoms with Crippen LogP contribution in [0.15, 0.2) is 0 Å². The van der Waals surface area contributed by atoms with Crippen molar-refractivity contribution in [2.75, 3.05) is 25.5 Å². The van der Waals surface area contributed by atoms with E-state index in [1.54, 1.807) is 0 Å². The first kappa shape index (κ1) is 14.8. The van der Waals surface area contributed by atoms with Crippen molar-refractivity contribution < 1.29 is 4.79 Å². The molecule has 0 aromatic heterocycles. The summed E-state index contributed by atoms with van der Waals surface area (Å²) in [5.74, 6) is 1.29. The summed E-state index contributed by atoms with van der Waals surface area (Å²) in [7, 11) is 0. The zero-order valence-electron chi connectivity index (χ0n) is 10.7. The van der Waals surface area contributed by atoms with Crippen molar-refractivity contribution >= 4 is 17.5 Å². The average molecular weight is 261 g/mol. The monoisotopic (exact) mass is 260 g/mol. The van der Waals surface area contributed by atoms with E-state index in [1.807, 2.05) is 4.90 Å². The number of amides is 1. The molecule has 1 rings (SSSR count). The number of likely N-dealkylation sites (tertiary alicyclic amines) is 1. The number of carbonyl (C=O) groups excluding carboxylic acids is 1. The van der Waals surface area contributed by atoms with Gasteiger partial charge in [-0.05, 0) is 25.3 Å². The summed E-state index contributed by atoms with van der Waals surface area (Å²) >= 11 is 5.78. The second-order valence-corrected chi connectivity index (χ2v) is 5.28. The fourth-order valence-corrected chi connectivity index (χ4v) is 2.53. The molecule has 0 bridgehead atoms. The highest BCUT2D eigenvalue weighted by Gasteiger charge is 2.27. The molecule has 1 aliphatic rings. The summed E-state index contributed by atoms with van der Waals surface area (Å²) in [5.41, 5.74) is 5.44. The number of carbonyl (C=O) groups is 1. The van der Waals surface area contributed by atoms with Gasteiger partial charge in [0.1, 0.15) is 0 Å². The lowest BCUT2D eigenvalue weighted by Crippen LogP contribution is -2.26. The van der Waals surface area contributed by atoms with Gasteiger partial charge in [0.25, 0.3) is 0 Å². The number of nitrogens with zero attached hydrogens (tertiary/aromatic N) is 1. The highest BCUT2D eigenvalue weighted by molar-refractivity contribution is 6.18. The van der Waals surface area contributed by atoms with E-state index >= 15 is 0 Å². The van der Waals surface area contributed by atoms with Crippen LogP contribution >= 0.6 is 11.6 Å². The molecule has 1 heterocycles. The molecule has 0 saturated carbocycles. The molecule has 0 aromatic carbocycles. The number of halogens is 1. The molecule has 0 spiro atoms. The van der Waals surface area contributed by atoms with Crippen molar-refractivity contribution in [3.05, 3.63) is 0 Å². The minimum Gasteiger partial charge on any atom is -0.342 e. The highest BCUT2D eigenvalue weighted by Crippen LogP contribution is 2.19. The van der Waals surface area contributed by atoms with Gasteiger partial charge in [0.05, 0.1) is 0 Å². The van der Waals surface area contributed by atoms with E-state index in [9.17, 15) is 4.79 Å². The lowest BCUT2D eigenvalue weighted by molar-refractivity contribution is -0.127. The zero-order valence-corrected chi connectivity index (χ0v) is 11.4. The first-order valence-electron chi connectivity index (χ1n) is 6.81. The van der Waals surface area contributed by atoms with Crippen LogP contribution in [-0.4, -0.2) is 36.3 Å². The SMILES string of the molecule is NCCCCCCCCN1CC(CCl)CC1=O. The Labute approximate surface area is 110 Å². The second kappa shape index (κ2) is 8.76. The molecule has 3 nitrogen and oxygen atoms in total. The summed E-state index contributed by atoms with van der Waals surface area (Å²) in [4.78, 5) is 13.6. The molecule has 1 unspecified atom stereocenters. The van der Waals surface area contributed by atoms with Crippen molar-refractivity contribution in [3.8, 4) is 0 Å². The van der Waals surface area contributed by atoms with Crippen LogP contribution in [0.1, 0.15) is 44.9 Å². The number of unbranched alkanes of at least 4 members (excludes halogenated alkanes) is 5. The Kier molecular flexibility index (Phi) is 7.62. The molecule has 0 aliphatic carbocycles. The predicted molar refractivity (Wildman–Crippen MR) is 72.2 cm³/mol. The summed E-state index contributed by atoms with van der Waals surface area (Å²) in [6.45, 7) is 2.60. The van der Waals surface area contributed by atoms with Gasteiger partial charge >= 0.3 is 0 Å². The van der Waals surface area contributed by atoms with Gasteiger partial charge in [0.15, 0.2) is 0 Å². The Bertz CT molecular complexity index is 223. The molecule has 1 fully saturated rings. The van der Waals surface area contributed by atoms with Crippen molar-refractivity contribution in [3.63, 3.8) is 0 Å². The summed E-state index contributed by atoms with van der Waals surface area (Å²) in [6, 6.07) is 0. The van der Waals surface area contributed by atoms with Crippen molar-refractivity contribution in [2.24, 2.45) is 11.7 Å². The normalized spacial score (nSPS) is 20.2. The van der Waals surface area contributed by atoms with Gasteiger partial charge in [0, 0.05) is 25.4 Å². The molecule has 17 heavy (non-hydrogen) atoms. The Balaban J connectivity index is 1.98. The number of alkyl halides is 1. The third kappa shape index (κ3) is 5.73. The lowest BCUT2D eigenvalue weighted by atomic mass is 10.1. The first-order chi connectivity index (χ1) is 8.27. The fraction of sp³-hybridized carbons (Fsp3) is 0.923. The summed E-state index contributed by atoms with van der Waals surface area (Å²) in [6.07, 6.45) is 7.93. The number of rotatable bonds is 9. The molecule has 1 amide bonds. The third-order valence-electron chi connectivity index (χ3n) is 3.39. The largest absolute Gasteiger partial charge is 0.342 e. The Morgan fingerprint density at radius 2 is 1.82 bits per heavy atom. The van der Waals surface area contributed by atoms with Crippen LogP contribution < -0.4 is 5.73 Å². The lowest BCUT2D eigenvalue weighted by Gasteiger charge is -2.15. The van der Waals surface area contributed by atoms with Crippen molar-refractivity contribution in [2.45, 2.75) is 44.9 Å². The minimum absolute atomic E-state index is 0.291. The van der Waals surface area contributed by atoms with Gasteiger partial charge in [-0.3, -0.25) is 4.79 Å². The molecular weight excluding hydrogens is 236 g/mol. The molecule has 4 heteroatoms.